The highest BCUT2D eigenvalue weighted by atomic mass is 35.5. The number of anilines is 1. The zero-order valence-corrected chi connectivity index (χ0v) is 14.7. The number of carbonyl (C=O) groups excluding carboxylic acids is 2. The van der Waals surface area contributed by atoms with Crippen molar-refractivity contribution in [3.63, 3.8) is 0 Å². The summed E-state index contributed by atoms with van der Waals surface area (Å²) < 4.78 is 4.90. The van der Waals surface area contributed by atoms with Crippen molar-refractivity contribution in [1.29, 1.82) is 0 Å². The highest BCUT2D eigenvalue weighted by molar-refractivity contribution is 5.89. The number of nitrogens with zero attached hydrogens (tertiary/aromatic N) is 2. The van der Waals surface area contributed by atoms with Crippen LogP contribution in [0.25, 0.3) is 0 Å². The molecule has 0 bridgehead atoms. The van der Waals surface area contributed by atoms with Crippen molar-refractivity contribution in [2.45, 2.75) is 26.2 Å². The van der Waals surface area contributed by atoms with Gasteiger partial charge in [0.15, 0.2) is 5.82 Å². The van der Waals surface area contributed by atoms with E-state index in [0.29, 0.717) is 44.2 Å². The van der Waals surface area contributed by atoms with Crippen molar-refractivity contribution in [3.05, 3.63) is 11.8 Å². The predicted octanol–water partition coefficient (Wildman–Crippen LogP) is 0.520. The Kier molecular flexibility index (Phi) is 8.73. The molecule has 1 unspecified atom stereocenters. The fourth-order valence-electron chi connectivity index (χ4n) is 2.70. The summed E-state index contributed by atoms with van der Waals surface area (Å²) in [7, 11) is 0. The second kappa shape index (κ2) is 10.3. The lowest BCUT2D eigenvalue weighted by atomic mass is 9.97. The van der Waals surface area contributed by atoms with Crippen molar-refractivity contribution in [1.82, 2.24) is 15.4 Å². The Morgan fingerprint density at radius 2 is 2.29 bits per heavy atom. The van der Waals surface area contributed by atoms with Crippen LogP contribution in [-0.2, 0) is 9.59 Å². The maximum Gasteiger partial charge on any atom is 0.226 e. The Morgan fingerprint density at radius 3 is 2.96 bits per heavy atom. The molecule has 2 rings (SSSR count). The van der Waals surface area contributed by atoms with E-state index >= 15 is 0 Å². The summed E-state index contributed by atoms with van der Waals surface area (Å²) in [6, 6.07) is 1.68. The zero-order chi connectivity index (χ0) is 16.7. The third-order valence-corrected chi connectivity index (χ3v) is 3.87. The van der Waals surface area contributed by atoms with Crippen LogP contribution >= 0.6 is 12.4 Å². The molecule has 0 aromatic carbocycles. The van der Waals surface area contributed by atoms with Gasteiger partial charge in [-0.1, -0.05) is 5.16 Å². The van der Waals surface area contributed by atoms with Gasteiger partial charge in [-0.15, -0.1) is 12.4 Å². The minimum atomic E-state index is -0.104. The fourth-order valence-corrected chi connectivity index (χ4v) is 2.70. The molecule has 1 aromatic heterocycles. The van der Waals surface area contributed by atoms with Crippen molar-refractivity contribution in [2.75, 3.05) is 38.0 Å². The number of hydrogen-bond donors (Lipinski definition) is 3. The summed E-state index contributed by atoms with van der Waals surface area (Å²) in [5.41, 5.74) is 5.40. The zero-order valence-electron chi connectivity index (χ0n) is 13.9. The minimum absolute atomic E-state index is 0. The molecule has 0 spiro atoms. The van der Waals surface area contributed by atoms with Gasteiger partial charge in [0, 0.05) is 38.7 Å². The SMILES string of the molecule is Cc1cc(NC(=O)CCN2CCCC(C(=O)NCCN)C2)no1.Cl. The Hall–Kier alpha value is -1.64. The maximum atomic E-state index is 12.0. The van der Waals surface area contributed by atoms with Gasteiger partial charge in [-0.2, -0.15) is 0 Å². The molecule has 2 heterocycles. The number of rotatable bonds is 7. The standard InChI is InChI=1S/C15H25N5O3.ClH/c1-11-9-13(19-23-11)18-14(21)4-8-20-7-2-3-12(10-20)15(22)17-6-5-16;/h9,12H,2-8,10,16H2,1H3,(H,17,22)(H,18,19,21);1H. The van der Waals surface area contributed by atoms with E-state index in [1.54, 1.807) is 13.0 Å². The lowest BCUT2D eigenvalue weighted by Gasteiger charge is -2.31. The number of hydrogen-bond acceptors (Lipinski definition) is 6. The third-order valence-electron chi connectivity index (χ3n) is 3.87. The molecule has 1 saturated heterocycles. The number of aryl methyl sites for hydroxylation is 1. The van der Waals surface area contributed by atoms with E-state index in [-0.39, 0.29) is 30.1 Å². The number of nitrogens with one attached hydrogen (secondary N) is 2. The molecule has 24 heavy (non-hydrogen) atoms. The van der Waals surface area contributed by atoms with Crippen LogP contribution in [0, 0.1) is 12.8 Å². The number of piperidine rings is 1. The molecular weight excluding hydrogens is 334 g/mol. The molecular formula is C15H26ClN5O3. The Morgan fingerprint density at radius 1 is 1.50 bits per heavy atom. The van der Waals surface area contributed by atoms with Gasteiger partial charge in [0.25, 0.3) is 0 Å². The molecule has 4 N–H and O–H groups in total. The second-order valence-electron chi connectivity index (χ2n) is 5.84. The van der Waals surface area contributed by atoms with E-state index in [0.717, 1.165) is 19.4 Å². The first kappa shape index (κ1) is 20.4. The van der Waals surface area contributed by atoms with Crippen molar-refractivity contribution in [2.24, 2.45) is 11.7 Å². The van der Waals surface area contributed by atoms with Crippen molar-refractivity contribution < 1.29 is 14.1 Å². The molecule has 8 nitrogen and oxygen atoms in total. The monoisotopic (exact) mass is 359 g/mol. The summed E-state index contributed by atoms with van der Waals surface area (Å²) >= 11 is 0. The van der Waals surface area contributed by atoms with E-state index < -0.39 is 0 Å². The number of carbonyl (C=O) groups is 2. The van der Waals surface area contributed by atoms with Crippen molar-refractivity contribution >= 4 is 30.0 Å². The van der Waals surface area contributed by atoms with E-state index in [9.17, 15) is 9.59 Å². The molecule has 0 aliphatic carbocycles. The fraction of sp³-hybridized carbons (Fsp3) is 0.667. The van der Waals surface area contributed by atoms with Crippen LogP contribution in [-0.4, -0.2) is 54.6 Å². The van der Waals surface area contributed by atoms with Crippen LogP contribution in [0.2, 0.25) is 0 Å². The first-order chi connectivity index (χ1) is 11.1. The first-order valence-corrected chi connectivity index (χ1v) is 8.02. The van der Waals surface area contributed by atoms with Crippen molar-refractivity contribution in [3.8, 4) is 0 Å². The van der Waals surface area contributed by atoms with E-state index in [1.807, 2.05) is 0 Å². The van der Waals surface area contributed by atoms with Crippen LogP contribution < -0.4 is 16.4 Å². The average molecular weight is 360 g/mol. The maximum absolute atomic E-state index is 12.0. The first-order valence-electron chi connectivity index (χ1n) is 8.02. The molecule has 0 radical (unpaired) electrons. The van der Waals surface area contributed by atoms with Crippen LogP contribution in [0.15, 0.2) is 10.6 Å². The Balaban J connectivity index is 0.00000288. The van der Waals surface area contributed by atoms with E-state index in [2.05, 4.69) is 20.7 Å². The van der Waals surface area contributed by atoms with Gasteiger partial charge in [-0.25, -0.2) is 0 Å². The summed E-state index contributed by atoms with van der Waals surface area (Å²) in [4.78, 5) is 26.1. The normalized spacial score (nSPS) is 17.8. The molecule has 1 fully saturated rings. The highest BCUT2D eigenvalue weighted by Crippen LogP contribution is 2.17. The molecule has 1 atom stereocenters. The van der Waals surface area contributed by atoms with Crippen LogP contribution in [0.1, 0.15) is 25.0 Å². The van der Waals surface area contributed by atoms with Gasteiger partial charge in [0.05, 0.1) is 5.92 Å². The molecule has 9 heteroatoms. The number of nitrogens with two attached hydrogens (primary N) is 1. The van der Waals surface area contributed by atoms with Gasteiger partial charge in [0.1, 0.15) is 5.76 Å². The average Bonchev–Trinajstić information content (AvgIpc) is 2.95. The van der Waals surface area contributed by atoms with Crippen LogP contribution in [0.4, 0.5) is 5.82 Å². The number of amides is 2. The smallest absolute Gasteiger partial charge is 0.226 e. The van der Waals surface area contributed by atoms with Gasteiger partial charge in [-0.05, 0) is 26.3 Å². The topological polar surface area (TPSA) is 113 Å². The summed E-state index contributed by atoms with van der Waals surface area (Å²) in [5, 5.41) is 9.27. The third kappa shape index (κ3) is 6.46. The molecule has 136 valence electrons. The quantitative estimate of drug-likeness (QED) is 0.654. The van der Waals surface area contributed by atoms with E-state index in [1.165, 1.54) is 0 Å². The molecule has 1 aromatic rings. The van der Waals surface area contributed by atoms with E-state index in [4.69, 9.17) is 10.3 Å². The lowest BCUT2D eigenvalue weighted by molar-refractivity contribution is -0.126. The van der Waals surface area contributed by atoms with Gasteiger partial charge in [0.2, 0.25) is 11.8 Å². The number of halogens is 1. The minimum Gasteiger partial charge on any atom is -0.360 e. The summed E-state index contributed by atoms with van der Waals surface area (Å²) in [6.45, 7) is 4.96. The second-order valence-corrected chi connectivity index (χ2v) is 5.84. The lowest BCUT2D eigenvalue weighted by Crippen LogP contribution is -2.44. The van der Waals surface area contributed by atoms with Gasteiger partial charge >= 0.3 is 0 Å². The Bertz CT molecular complexity index is 537. The van der Waals surface area contributed by atoms with Crippen LogP contribution in [0.5, 0.6) is 0 Å². The highest BCUT2D eigenvalue weighted by Gasteiger charge is 2.25. The molecule has 1 aliphatic rings. The molecule has 1 aliphatic heterocycles. The summed E-state index contributed by atoms with van der Waals surface area (Å²) in [5.74, 6) is 1.03. The van der Waals surface area contributed by atoms with Gasteiger partial charge in [-0.3, -0.25) is 9.59 Å². The number of aromatic nitrogens is 1. The summed E-state index contributed by atoms with van der Waals surface area (Å²) in [6.07, 6.45) is 2.21. The largest absolute Gasteiger partial charge is 0.360 e. The Labute approximate surface area is 147 Å². The predicted molar refractivity (Wildman–Crippen MR) is 93.0 cm³/mol. The molecule has 0 saturated carbocycles. The van der Waals surface area contributed by atoms with Gasteiger partial charge < -0.3 is 25.8 Å². The van der Waals surface area contributed by atoms with Crippen LogP contribution in [0.3, 0.4) is 0 Å². The molecule has 2 amide bonds. The number of likely N-dealkylation sites (tertiary alicyclic amines) is 1.